The normalized spacial score (nSPS) is 12.0. The van der Waals surface area contributed by atoms with E-state index in [9.17, 15) is 14.7 Å². The van der Waals surface area contributed by atoms with Crippen LogP contribution in [0.15, 0.2) is 28.5 Å². The van der Waals surface area contributed by atoms with Gasteiger partial charge < -0.3 is 9.84 Å². The molecule has 0 unspecified atom stereocenters. The summed E-state index contributed by atoms with van der Waals surface area (Å²) >= 11 is 17.7. The Bertz CT molecular complexity index is 683. The van der Waals surface area contributed by atoms with E-state index in [1.807, 2.05) is 5.32 Å². The molecule has 23 heavy (non-hydrogen) atoms. The highest BCUT2D eigenvalue weighted by atomic mass is 35.5. The molecule has 0 saturated carbocycles. The molecule has 2 amide bonds. The number of aliphatic imine (C=N–C) groups is 1. The molecule has 0 radical (unpaired) electrons. The SMILES string of the molecule is CCOC(=O)NC(=O)/C(C=Nc1ccc(Cl)c(Cl)c1Cl)=C(\C)O. The highest BCUT2D eigenvalue weighted by Gasteiger charge is 2.15. The number of imide groups is 1. The Morgan fingerprint density at radius 2 is 1.96 bits per heavy atom. The van der Waals surface area contributed by atoms with Crippen LogP contribution in [0.5, 0.6) is 0 Å². The van der Waals surface area contributed by atoms with Crippen molar-refractivity contribution in [3.8, 4) is 0 Å². The molecule has 1 aromatic carbocycles. The standard InChI is InChI=1S/C14H13Cl3N2O4/c1-3-23-14(22)19-13(21)8(7(2)20)6-18-10-5-4-9(15)11(16)12(10)17/h4-6,20H,3H2,1-2H3,(H,19,21,22)/b8-7+,18-6?. The summed E-state index contributed by atoms with van der Waals surface area (Å²) < 4.78 is 4.58. The second-order valence-electron chi connectivity index (χ2n) is 4.13. The number of hydrogen-bond acceptors (Lipinski definition) is 5. The molecule has 0 aromatic heterocycles. The van der Waals surface area contributed by atoms with Crippen LogP contribution >= 0.6 is 34.8 Å². The van der Waals surface area contributed by atoms with Crippen molar-refractivity contribution in [2.75, 3.05) is 6.61 Å². The van der Waals surface area contributed by atoms with Crippen molar-refractivity contribution < 1.29 is 19.4 Å². The van der Waals surface area contributed by atoms with Gasteiger partial charge in [0.2, 0.25) is 0 Å². The Labute approximate surface area is 147 Å². The molecule has 0 aliphatic heterocycles. The zero-order valence-electron chi connectivity index (χ0n) is 12.2. The molecule has 0 aliphatic rings. The Morgan fingerprint density at radius 1 is 1.30 bits per heavy atom. The number of benzene rings is 1. The Balaban J connectivity index is 3.02. The van der Waals surface area contributed by atoms with E-state index in [0.717, 1.165) is 6.21 Å². The molecule has 1 rings (SSSR count). The van der Waals surface area contributed by atoms with E-state index in [1.54, 1.807) is 6.92 Å². The Morgan fingerprint density at radius 3 is 2.52 bits per heavy atom. The zero-order chi connectivity index (χ0) is 17.6. The summed E-state index contributed by atoms with van der Waals surface area (Å²) in [6.45, 7) is 2.96. The van der Waals surface area contributed by atoms with E-state index < -0.39 is 12.0 Å². The van der Waals surface area contributed by atoms with E-state index in [0.29, 0.717) is 0 Å². The summed E-state index contributed by atoms with van der Waals surface area (Å²) in [5.74, 6) is -1.21. The fraction of sp³-hybridized carbons (Fsp3) is 0.214. The average molecular weight is 380 g/mol. The predicted octanol–water partition coefficient (Wildman–Crippen LogP) is 4.45. The van der Waals surface area contributed by atoms with E-state index >= 15 is 0 Å². The van der Waals surface area contributed by atoms with Crippen molar-refractivity contribution >= 4 is 58.7 Å². The van der Waals surface area contributed by atoms with Gasteiger partial charge in [-0.3, -0.25) is 15.1 Å². The van der Waals surface area contributed by atoms with Crippen LogP contribution in [0.4, 0.5) is 10.5 Å². The van der Waals surface area contributed by atoms with Gasteiger partial charge in [-0.2, -0.15) is 0 Å². The first kappa shape index (κ1) is 19.3. The van der Waals surface area contributed by atoms with Gasteiger partial charge in [-0.25, -0.2) is 4.79 Å². The molecule has 0 atom stereocenters. The van der Waals surface area contributed by atoms with Gasteiger partial charge in [-0.15, -0.1) is 0 Å². The molecular weight excluding hydrogens is 367 g/mol. The lowest BCUT2D eigenvalue weighted by Gasteiger charge is -2.06. The third-order valence-electron chi connectivity index (χ3n) is 2.47. The highest BCUT2D eigenvalue weighted by Crippen LogP contribution is 2.37. The molecular formula is C14H13Cl3N2O4. The van der Waals surface area contributed by atoms with Crippen molar-refractivity contribution in [2.24, 2.45) is 4.99 Å². The largest absolute Gasteiger partial charge is 0.512 e. The second-order valence-corrected chi connectivity index (χ2v) is 5.29. The molecule has 0 heterocycles. The van der Waals surface area contributed by atoms with Crippen LogP contribution in [-0.2, 0) is 9.53 Å². The number of aliphatic hydroxyl groups excluding tert-OH is 1. The predicted molar refractivity (Wildman–Crippen MR) is 90.1 cm³/mol. The van der Waals surface area contributed by atoms with Crippen molar-refractivity contribution in [3.63, 3.8) is 0 Å². The molecule has 124 valence electrons. The molecule has 0 spiro atoms. The maximum atomic E-state index is 11.9. The first-order chi connectivity index (χ1) is 10.8. The average Bonchev–Trinajstić information content (AvgIpc) is 2.47. The number of amides is 2. The Hall–Kier alpha value is -1.76. The molecule has 0 bridgehead atoms. The summed E-state index contributed by atoms with van der Waals surface area (Å²) in [5, 5.41) is 12.0. The maximum Gasteiger partial charge on any atom is 0.414 e. The van der Waals surface area contributed by atoms with Crippen LogP contribution in [0.1, 0.15) is 13.8 Å². The number of rotatable bonds is 4. The lowest BCUT2D eigenvalue weighted by atomic mass is 10.2. The van der Waals surface area contributed by atoms with Crippen LogP contribution in [0.25, 0.3) is 0 Å². The van der Waals surface area contributed by atoms with Crippen LogP contribution in [0.3, 0.4) is 0 Å². The van der Waals surface area contributed by atoms with Gasteiger partial charge in [0.15, 0.2) is 0 Å². The van der Waals surface area contributed by atoms with E-state index in [-0.39, 0.29) is 38.7 Å². The number of nitrogens with zero attached hydrogens (tertiary/aromatic N) is 1. The number of alkyl carbamates (subject to hydrolysis) is 1. The van der Waals surface area contributed by atoms with Gasteiger partial charge >= 0.3 is 6.09 Å². The monoisotopic (exact) mass is 378 g/mol. The van der Waals surface area contributed by atoms with E-state index in [4.69, 9.17) is 34.8 Å². The third kappa shape index (κ3) is 5.42. The van der Waals surface area contributed by atoms with Crippen LogP contribution < -0.4 is 5.32 Å². The number of nitrogens with one attached hydrogen (secondary N) is 1. The third-order valence-corrected chi connectivity index (χ3v) is 3.76. The first-order valence-electron chi connectivity index (χ1n) is 6.33. The van der Waals surface area contributed by atoms with Gasteiger partial charge in [-0.05, 0) is 26.0 Å². The number of carbonyl (C=O) groups is 2. The summed E-state index contributed by atoms with van der Waals surface area (Å²) in [7, 11) is 0. The number of allylic oxidation sites excluding steroid dienone is 1. The zero-order valence-corrected chi connectivity index (χ0v) is 14.5. The van der Waals surface area contributed by atoms with Crippen molar-refractivity contribution in [1.29, 1.82) is 0 Å². The number of hydrogen-bond donors (Lipinski definition) is 2. The molecule has 0 fully saturated rings. The fourth-order valence-corrected chi connectivity index (χ4v) is 1.97. The lowest BCUT2D eigenvalue weighted by Crippen LogP contribution is -2.33. The van der Waals surface area contributed by atoms with E-state index in [1.165, 1.54) is 19.1 Å². The highest BCUT2D eigenvalue weighted by molar-refractivity contribution is 6.49. The Kier molecular flexibility index (Phi) is 7.35. The fourth-order valence-electron chi connectivity index (χ4n) is 1.39. The van der Waals surface area contributed by atoms with Gasteiger partial charge in [0, 0.05) is 6.21 Å². The van der Waals surface area contributed by atoms with Crippen molar-refractivity contribution in [2.45, 2.75) is 13.8 Å². The minimum atomic E-state index is -0.933. The van der Waals surface area contributed by atoms with Crippen LogP contribution in [-0.4, -0.2) is 29.9 Å². The quantitative estimate of drug-likeness (QED) is 0.350. The lowest BCUT2D eigenvalue weighted by molar-refractivity contribution is -0.116. The molecule has 0 saturated heterocycles. The molecule has 0 aliphatic carbocycles. The minimum Gasteiger partial charge on any atom is -0.512 e. The summed E-state index contributed by atoms with van der Waals surface area (Å²) in [5.41, 5.74) is 0.00365. The molecule has 6 nitrogen and oxygen atoms in total. The summed E-state index contributed by atoms with van der Waals surface area (Å²) in [4.78, 5) is 27.1. The second kappa shape index (κ2) is 8.76. The molecule has 9 heteroatoms. The molecule has 1 aromatic rings. The van der Waals surface area contributed by atoms with Crippen LogP contribution in [0, 0.1) is 0 Å². The number of carbonyl (C=O) groups excluding carboxylic acids is 2. The van der Waals surface area contributed by atoms with E-state index in [2.05, 4.69) is 9.73 Å². The number of aliphatic hydroxyl groups is 1. The minimum absolute atomic E-state index is 0.0937. The number of ether oxygens (including phenoxy) is 1. The summed E-state index contributed by atoms with van der Waals surface area (Å²) in [6.07, 6.45) is 0.118. The van der Waals surface area contributed by atoms with Gasteiger partial charge in [0.1, 0.15) is 5.76 Å². The first-order valence-corrected chi connectivity index (χ1v) is 7.46. The topological polar surface area (TPSA) is 88.0 Å². The smallest absolute Gasteiger partial charge is 0.414 e. The van der Waals surface area contributed by atoms with Crippen molar-refractivity contribution in [3.05, 3.63) is 38.5 Å². The maximum absolute atomic E-state index is 11.9. The van der Waals surface area contributed by atoms with Gasteiger partial charge in [0.25, 0.3) is 5.91 Å². The van der Waals surface area contributed by atoms with Crippen LogP contribution in [0.2, 0.25) is 15.1 Å². The van der Waals surface area contributed by atoms with Crippen molar-refractivity contribution in [1.82, 2.24) is 5.32 Å². The molecule has 2 N–H and O–H groups in total. The number of halogens is 3. The van der Waals surface area contributed by atoms with Gasteiger partial charge in [0.05, 0.1) is 32.9 Å². The van der Waals surface area contributed by atoms with Gasteiger partial charge in [-0.1, -0.05) is 34.8 Å². The summed E-state index contributed by atoms with van der Waals surface area (Å²) in [6, 6.07) is 2.97.